The highest BCUT2D eigenvalue weighted by Crippen LogP contribution is 2.20. The molecule has 5 nitrogen and oxygen atoms in total. The molecule has 0 aliphatic heterocycles. The van der Waals surface area contributed by atoms with Crippen molar-refractivity contribution in [2.75, 3.05) is 11.9 Å². The Morgan fingerprint density at radius 3 is 2.86 bits per heavy atom. The molecule has 0 N–H and O–H groups in total. The van der Waals surface area contributed by atoms with E-state index in [1.54, 1.807) is 29.7 Å². The molecule has 0 aliphatic rings. The molecule has 21 heavy (non-hydrogen) atoms. The number of rotatable bonds is 5. The minimum absolute atomic E-state index is 0.156. The van der Waals surface area contributed by atoms with Crippen molar-refractivity contribution >= 4 is 23.1 Å². The summed E-state index contributed by atoms with van der Waals surface area (Å²) in [5.41, 5.74) is 1.44. The maximum absolute atomic E-state index is 12.1. The molecule has 0 aliphatic carbocycles. The summed E-state index contributed by atoms with van der Waals surface area (Å²) in [6, 6.07) is 3.47. The van der Waals surface area contributed by atoms with E-state index in [0.29, 0.717) is 17.9 Å². The zero-order valence-electron chi connectivity index (χ0n) is 12.7. The second-order valence-electron chi connectivity index (χ2n) is 5.04. The first-order chi connectivity index (χ1) is 9.97. The molecule has 6 heteroatoms. The largest absolute Gasteiger partial charge is 0.459 e. The van der Waals surface area contributed by atoms with Crippen molar-refractivity contribution in [3.63, 3.8) is 0 Å². The van der Waals surface area contributed by atoms with Gasteiger partial charge in [0.25, 0.3) is 0 Å². The summed E-state index contributed by atoms with van der Waals surface area (Å²) in [6.45, 7) is 6.23. The smallest absolute Gasteiger partial charge is 0.342 e. The van der Waals surface area contributed by atoms with Crippen LogP contribution in [-0.2, 0) is 11.3 Å². The Bertz CT molecular complexity index is 625. The Balaban J connectivity index is 2.20. The molecule has 2 rings (SSSR count). The first-order valence-electron chi connectivity index (χ1n) is 6.75. The second-order valence-corrected chi connectivity index (χ2v) is 6.10. The Morgan fingerprint density at radius 2 is 2.24 bits per heavy atom. The fourth-order valence-corrected chi connectivity index (χ4v) is 2.54. The first kappa shape index (κ1) is 15.4. The fraction of sp³-hybridized carbons (Fsp3) is 0.400. The van der Waals surface area contributed by atoms with E-state index in [1.807, 2.05) is 38.1 Å². The molecule has 0 atom stereocenters. The third-order valence-electron chi connectivity index (χ3n) is 2.78. The van der Waals surface area contributed by atoms with Gasteiger partial charge < -0.3 is 9.64 Å². The van der Waals surface area contributed by atoms with Crippen LogP contribution in [0.4, 0.5) is 5.82 Å². The van der Waals surface area contributed by atoms with E-state index >= 15 is 0 Å². The minimum Gasteiger partial charge on any atom is -0.459 e. The van der Waals surface area contributed by atoms with Crippen molar-refractivity contribution in [3.05, 3.63) is 40.0 Å². The van der Waals surface area contributed by atoms with Crippen molar-refractivity contribution in [2.45, 2.75) is 33.4 Å². The zero-order chi connectivity index (χ0) is 15.4. The number of aromatic nitrogens is 2. The van der Waals surface area contributed by atoms with Gasteiger partial charge in [-0.1, -0.05) is 0 Å². The normalized spacial score (nSPS) is 10.7. The van der Waals surface area contributed by atoms with Crippen LogP contribution in [0, 0.1) is 6.92 Å². The standard InChI is InChI=1S/C15H19N3O2S/c1-10(2)20-15(19)13-6-5-7-16-14(13)18(4)8-12-9-21-11(3)17-12/h5-7,9-10H,8H2,1-4H3. The molecule has 0 saturated carbocycles. The Labute approximate surface area is 128 Å². The average Bonchev–Trinajstić information content (AvgIpc) is 2.83. The molecular weight excluding hydrogens is 286 g/mol. The fourth-order valence-electron chi connectivity index (χ4n) is 1.94. The van der Waals surface area contributed by atoms with Gasteiger partial charge in [0.15, 0.2) is 0 Å². The lowest BCUT2D eigenvalue weighted by Crippen LogP contribution is -2.22. The third-order valence-corrected chi connectivity index (χ3v) is 3.60. The number of anilines is 1. The van der Waals surface area contributed by atoms with Crippen LogP contribution in [0.2, 0.25) is 0 Å². The molecule has 112 valence electrons. The number of carbonyl (C=O) groups excluding carboxylic acids is 1. The van der Waals surface area contributed by atoms with Crippen LogP contribution in [0.5, 0.6) is 0 Å². The topological polar surface area (TPSA) is 55.3 Å². The summed E-state index contributed by atoms with van der Waals surface area (Å²) >= 11 is 1.61. The van der Waals surface area contributed by atoms with Gasteiger partial charge in [-0.3, -0.25) is 0 Å². The Hall–Kier alpha value is -1.95. The Morgan fingerprint density at radius 1 is 1.48 bits per heavy atom. The molecule has 0 saturated heterocycles. The van der Waals surface area contributed by atoms with Gasteiger partial charge in [-0.05, 0) is 32.9 Å². The number of thiazole rings is 1. The highest BCUT2D eigenvalue weighted by molar-refractivity contribution is 7.09. The number of nitrogens with zero attached hydrogens (tertiary/aromatic N) is 3. The summed E-state index contributed by atoms with van der Waals surface area (Å²) < 4.78 is 5.26. The van der Waals surface area contributed by atoms with Crippen LogP contribution in [0.3, 0.4) is 0 Å². The molecule has 0 unspecified atom stereocenters. The van der Waals surface area contributed by atoms with E-state index in [1.165, 1.54) is 0 Å². The number of esters is 1. The van der Waals surface area contributed by atoms with Crippen molar-refractivity contribution in [1.29, 1.82) is 0 Å². The average molecular weight is 305 g/mol. The van der Waals surface area contributed by atoms with Crippen LogP contribution < -0.4 is 4.90 Å². The monoisotopic (exact) mass is 305 g/mol. The molecule has 2 aromatic heterocycles. The molecule has 0 aromatic carbocycles. The van der Waals surface area contributed by atoms with E-state index in [9.17, 15) is 4.79 Å². The highest BCUT2D eigenvalue weighted by atomic mass is 32.1. The summed E-state index contributed by atoms with van der Waals surface area (Å²) in [5.74, 6) is 0.253. The number of carbonyl (C=O) groups is 1. The number of ether oxygens (including phenoxy) is 1. The van der Waals surface area contributed by atoms with Crippen molar-refractivity contribution in [1.82, 2.24) is 9.97 Å². The summed E-state index contributed by atoms with van der Waals surface area (Å²) in [5, 5.41) is 3.04. The van der Waals surface area contributed by atoms with E-state index in [4.69, 9.17) is 4.74 Å². The summed E-state index contributed by atoms with van der Waals surface area (Å²) in [4.78, 5) is 22.8. The predicted octanol–water partition coefficient (Wildman–Crippen LogP) is 3.05. The number of hydrogen-bond donors (Lipinski definition) is 0. The molecular formula is C15H19N3O2S. The van der Waals surface area contributed by atoms with Crippen molar-refractivity contribution < 1.29 is 9.53 Å². The predicted molar refractivity (Wildman–Crippen MR) is 83.7 cm³/mol. The quantitative estimate of drug-likeness (QED) is 0.795. The molecule has 0 radical (unpaired) electrons. The molecule has 0 amide bonds. The molecule has 0 bridgehead atoms. The van der Waals surface area contributed by atoms with E-state index in [-0.39, 0.29) is 12.1 Å². The van der Waals surface area contributed by atoms with Crippen LogP contribution in [0.25, 0.3) is 0 Å². The van der Waals surface area contributed by atoms with Gasteiger partial charge in [0.05, 0.1) is 23.4 Å². The van der Waals surface area contributed by atoms with Gasteiger partial charge in [-0.25, -0.2) is 14.8 Å². The molecule has 2 aromatic rings. The van der Waals surface area contributed by atoms with Crippen LogP contribution in [0.1, 0.15) is 34.9 Å². The SMILES string of the molecule is Cc1nc(CN(C)c2ncccc2C(=O)OC(C)C)cs1. The third kappa shape index (κ3) is 4.01. The van der Waals surface area contributed by atoms with Gasteiger partial charge in [0.2, 0.25) is 0 Å². The second kappa shape index (κ2) is 6.67. The number of hydrogen-bond acceptors (Lipinski definition) is 6. The van der Waals surface area contributed by atoms with Crippen LogP contribution in [-0.4, -0.2) is 29.1 Å². The molecule has 0 fully saturated rings. The molecule has 0 spiro atoms. The first-order valence-corrected chi connectivity index (χ1v) is 7.63. The van der Waals surface area contributed by atoms with Gasteiger partial charge in [-0.2, -0.15) is 0 Å². The lowest BCUT2D eigenvalue weighted by Gasteiger charge is -2.20. The highest BCUT2D eigenvalue weighted by Gasteiger charge is 2.18. The molecule has 2 heterocycles. The van der Waals surface area contributed by atoms with Crippen molar-refractivity contribution in [3.8, 4) is 0 Å². The summed E-state index contributed by atoms with van der Waals surface area (Å²) in [6.07, 6.45) is 1.52. The summed E-state index contributed by atoms with van der Waals surface area (Å²) in [7, 11) is 1.89. The van der Waals surface area contributed by atoms with E-state index in [2.05, 4.69) is 9.97 Å². The maximum Gasteiger partial charge on any atom is 0.342 e. The van der Waals surface area contributed by atoms with Gasteiger partial charge in [0.1, 0.15) is 11.4 Å². The van der Waals surface area contributed by atoms with Crippen molar-refractivity contribution in [2.24, 2.45) is 0 Å². The maximum atomic E-state index is 12.1. The number of aryl methyl sites for hydroxylation is 1. The Kier molecular flexibility index (Phi) is 4.90. The zero-order valence-corrected chi connectivity index (χ0v) is 13.5. The van der Waals surface area contributed by atoms with Crippen LogP contribution in [0.15, 0.2) is 23.7 Å². The lowest BCUT2D eigenvalue weighted by molar-refractivity contribution is 0.0378. The number of pyridine rings is 1. The van der Waals surface area contributed by atoms with Gasteiger partial charge in [-0.15, -0.1) is 11.3 Å². The van der Waals surface area contributed by atoms with Crippen LogP contribution >= 0.6 is 11.3 Å². The minimum atomic E-state index is -0.352. The lowest BCUT2D eigenvalue weighted by atomic mass is 10.2. The van der Waals surface area contributed by atoms with E-state index in [0.717, 1.165) is 10.7 Å². The van der Waals surface area contributed by atoms with Gasteiger partial charge in [0, 0.05) is 18.6 Å². The van der Waals surface area contributed by atoms with Gasteiger partial charge >= 0.3 is 5.97 Å². The van der Waals surface area contributed by atoms with E-state index < -0.39 is 0 Å².